The summed E-state index contributed by atoms with van der Waals surface area (Å²) in [6.45, 7) is 0. The summed E-state index contributed by atoms with van der Waals surface area (Å²) in [7, 11) is -3.26. The molecule has 5 nitrogen and oxygen atoms in total. The van der Waals surface area contributed by atoms with Crippen molar-refractivity contribution in [3.05, 3.63) is 35.1 Å². The molecule has 9 heteroatoms. The van der Waals surface area contributed by atoms with E-state index in [-0.39, 0.29) is 53.3 Å². The Morgan fingerprint density at radius 3 is 2.21 bits per heavy atom. The number of fused-ring (bicyclic) bond motifs is 2. The molecule has 0 radical (unpaired) electrons. The lowest BCUT2D eigenvalue weighted by molar-refractivity contribution is -0.136. The zero-order chi connectivity index (χ0) is 23.8. The molecular weight excluding hydrogens is 453 g/mol. The summed E-state index contributed by atoms with van der Waals surface area (Å²) in [4.78, 5) is 14.8. The Morgan fingerprint density at radius 1 is 0.970 bits per heavy atom. The van der Waals surface area contributed by atoms with Crippen molar-refractivity contribution in [1.82, 2.24) is 4.90 Å². The van der Waals surface area contributed by atoms with Gasteiger partial charge in [0.15, 0.2) is 21.5 Å². The van der Waals surface area contributed by atoms with Crippen LogP contribution in [0.1, 0.15) is 69.8 Å². The van der Waals surface area contributed by atoms with Crippen LogP contribution in [0.5, 0.6) is 0 Å². The van der Waals surface area contributed by atoms with Crippen molar-refractivity contribution in [2.24, 2.45) is 11.7 Å². The van der Waals surface area contributed by atoms with Crippen molar-refractivity contribution in [3.8, 4) is 0 Å². The van der Waals surface area contributed by atoms with Crippen LogP contribution in [0, 0.1) is 23.4 Å². The first-order chi connectivity index (χ1) is 15.7. The number of nitrogens with zero attached hydrogens (tertiary/aromatic N) is 1. The molecule has 4 rings (SSSR count). The number of halogens is 3. The standard InChI is InChI=1S/C24H33F3N2O3S/c25-20-14-22(27)21(26)12-15(20)13-23(28)16-10-17-6-7-18(11-16)29(17)24(30)8-9-33(31,32)19-4-2-1-3-5-19/h12,14,16-19,23H,1-11,13,28H2/t16-,17+,18-,23-/m1/s1. The van der Waals surface area contributed by atoms with Crippen LogP contribution >= 0.6 is 0 Å². The van der Waals surface area contributed by atoms with Crippen LogP contribution in [0.15, 0.2) is 12.1 Å². The lowest BCUT2D eigenvalue weighted by atomic mass is 9.82. The van der Waals surface area contributed by atoms with E-state index in [0.29, 0.717) is 31.7 Å². The first kappa shape index (κ1) is 24.5. The first-order valence-corrected chi connectivity index (χ1v) is 13.8. The molecule has 4 atom stereocenters. The molecule has 184 valence electrons. The van der Waals surface area contributed by atoms with E-state index in [1.165, 1.54) is 0 Å². The highest BCUT2D eigenvalue weighted by molar-refractivity contribution is 7.92. The average Bonchev–Trinajstić information content (AvgIpc) is 3.05. The van der Waals surface area contributed by atoms with E-state index in [1.54, 1.807) is 0 Å². The van der Waals surface area contributed by atoms with Gasteiger partial charge in [0, 0.05) is 30.6 Å². The molecule has 1 aromatic carbocycles. The Hall–Kier alpha value is -1.61. The number of hydrogen-bond acceptors (Lipinski definition) is 4. The summed E-state index contributed by atoms with van der Waals surface area (Å²) in [6.07, 6.45) is 7.45. The van der Waals surface area contributed by atoms with Gasteiger partial charge in [-0.25, -0.2) is 21.6 Å². The summed E-state index contributed by atoms with van der Waals surface area (Å²) >= 11 is 0. The van der Waals surface area contributed by atoms with Gasteiger partial charge in [-0.05, 0) is 62.5 Å². The third-order valence-electron chi connectivity index (χ3n) is 7.87. The van der Waals surface area contributed by atoms with Crippen molar-refractivity contribution < 1.29 is 26.4 Å². The van der Waals surface area contributed by atoms with Crippen molar-refractivity contribution in [1.29, 1.82) is 0 Å². The molecular formula is C24H33F3N2O3S. The molecule has 2 bridgehead atoms. The van der Waals surface area contributed by atoms with Gasteiger partial charge in [0.05, 0.1) is 11.0 Å². The van der Waals surface area contributed by atoms with E-state index in [1.807, 2.05) is 4.90 Å². The van der Waals surface area contributed by atoms with Crippen LogP contribution < -0.4 is 5.73 Å². The van der Waals surface area contributed by atoms with Gasteiger partial charge < -0.3 is 10.6 Å². The number of piperidine rings is 1. The molecule has 1 saturated carbocycles. The van der Waals surface area contributed by atoms with E-state index < -0.39 is 33.3 Å². The zero-order valence-corrected chi connectivity index (χ0v) is 19.6. The van der Waals surface area contributed by atoms with Crippen molar-refractivity contribution in [3.63, 3.8) is 0 Å². The Labute approximate surface area is 193 Å². The summed E-state index contributed by atoms with van der Waals surface area (Å²) < 4.78 is 66.1. The lowest BCUT2D eigenvalue weighted by Gasteiger charge is -2.41. The molecule has 3 aliphatic rings. The molecule has 1 amide bonds. The second-order valence-electron chi connectivity index (χ2n) is 10.0. The summed E-state index contributed by atoms with van der Waals surface area (Å²) in [6, 6.07) is 0.976. The van der Waals surface area contributed by atoms with E-state index in [4.69, 9.17) is 5.73 Å². The molecule has 2 saturated heterocycles. The molecule has 0 unspecified atom stereocenters. The van der Waals surface area contributed by atoms with E-state index in [0.717, 1.165) is 38.2 Å². The smallest absolute Gasteiger partial charge is 0.224 e. The summed E-state index contributed by atoms with van der Waals surface area (Å²) in [5, 5.41) is -0.309. The average molecular weight is 487 g/mol. The number of rotatable bonds is 7. The summed E-state index contributed by atoms with van der Waals surface area (Å²) in [5.74, 6) is -3.29. The minimum Gasteiger partial charge on any atom is -0.337 e. The Balaban J connectivity index is 1.34. The first-order valence-electron chi connectivity index (χ1n) is 12.1. The van der Waals surface area contributed by atoms with Gasteiger partial charge in [-0.15, -0.1) is 0 Å². The SMILES string of the molecule is N[C@H](Cc1cc(F)c(F)cc1F)[C@H]1C[C@H]2CC[C@@H](C1)N2C(=O)CCS(=O)(=O)C1CCCCC1. The van der Waals surface area contributed by atoms with Crippen molar-refractivity contribution in [2.75, 3.05) is 5.75 Å². The topological polar surface area (TPSA) is 80.5 Å². The maximum Gasteiger partial charge on any atom is 0.224 e. The number of hydrogen-bond donors (Lipinski definition) is 1. The van der Waals surface area contributed by atoms with Gasteiger partial charge in [0.25, 0.3) is 0 Å². The number of carbonyl (C=O) groups excluding carboxylic acids is 1. The van der Waals surface area contributed by atoms with Gasteiger partial charge in [0.2, 0.25) is 5.91 Å². The van der Waals surface area contributed by atoms with Crippen molar-refractivity contribution >= 4 is 15.7 Å². The number of sulfone groups is 1. The molecule has 2 N–H and O–H groups in total. The van der Waals surface area contributed by atoms with Gasteiger partial charge in [-0.2, -0.15) is 0 Å². The van der Waals surface area contributed by atoms with Crippen LogP contribution in [0.3, 0.4) is 0 Å². The fourth-order valence-corrected chi connectivity index (χ4v) is 7.91. The number of amides is 1. The molecule has 1 aliphatic carbocycles. The second kappa shape index (κ2) is 9.94. The van der Waals surface area contributed by atoms with Crippen molar-refractivity contribution in [2.45, 2.75) is 94.0 Å². The van der Waals surface area contributed by atoms with Crippen LogP contribution in [0.2, 0.25) is 0 Å². The van der Waals surface area contributed by atoms with Gasteiger partial charge in [-0.3, -0.25) is 4.79 Å². The van der Waals surface area contributed by atoms with Gasteiger partial charge in [0.1, 0.15) is 5.82 Å². The largest absolute Gasteiger partial charge is 0.337 e. The molecule has 2 heterocycles. The number of nitrogens with two attached hydrogens (primary N) is 1. The fourth-order valence-electron chi connectivity index (χ4n) is 6.07. The number of benzene rings is 1. The molecule has 0 aromatic heterocycles. The third kappa shape index (κ3) is 5.39. The molecule has 3 fully saturated rings. The monoisotopic (exact) mass is 486 g/mol. The van der Waals surface area contributed by atoms with Crippen LogP contribution in [0.25, 0.3) is 0 Å². The lowest BCUT2D eigenvalue weighted by Crippen LogP contribution is -2.50. The zero-order valence-electron chi connectivity index (χ0n) is 18.8. The number of carbonyl (C=O) groups is 1. The maximum absolute atomic E-state index is 14.0. The highest BCUT2D eigenvalue weighted by Crippen LogP contribution is 2.40. The Bertz CT molecular complexity index is 967. The highest BCUT2D eigenvalue weighted by Gasteiger charge is 2.44. The molecule has 1 aromatic rings. The third-order valence-corrected chi connectivity index (χ3v) is 10.1. The van der Waals surface area contributed by atoms with Crippen LogP contribution in [-0.2, 0) is 21.1 Å². The van der Waals surface area contributed by atoms with E-state index >= 15 is 0 Å². The van der Waals surface area contributed by atoms with Crippen LogP contribution in [0.4, 0.5) is 13.2 Å². The molecule has 33 heavy (non-hydrogen) atoms. The minimum absolute atomic E-state index is 0.000476. The van der Waals surface area contributed by atoms with E-state index in [9.17, 15) is 26.4 Å². The predicted molar refractivity (Wildman–Crippen MR) is 120 cm³/mol. The minimum atomic E-state index is -3.26. The van der Waals surface area contributed by atoms with Crippen LogP contribution in [-0.4, -0.2) is 48.4 Å². The Morgan fingerprint density at radius 2 is 1.58 bits per heavy atom. The quantitative estimate of drug-likeness (QED) is 0.593. The highest BCUT2D eigenvalue weighted by atomic mass is 32.2. The molecule has 2 aliphatic heterocycles. The van der Waals surface area contributed by atoms with Gasteiger partial charge in [-0.1, -0.05) is 19.3 Å². The van der Waals surface area contributed by atoms with E-state index in [2.05, 4.69) is 0 Å². The Kier molecular flexibility index (Phi) is 7.38. The maximum atomic E-state index is 14.0. The van der Waals surface area contributed by atoms with Gasteiger partial charge >= 0.3 is 0 Å². The fraction of sp³-hybridized carbons (Fsp3) is 0.708. The summed E-state index contributed by atoms with van der Waals surface area (Å²) in [5.41, 5.74) is 6.40. The second-order valence-corrected chi connectivity index (χ2v) is 12.4. The molecule has 0 spiro atoms. The predicted octanol–water partition coefficient (Wildman–Crippen LogP) is 3.88. The normalized spacial score (nSPS) is 27.0.